The minimum absolute atomic E-state index is 0.191. The van der Waals surface area contributed by atoms with Gasteiger partial charge in [0.05, 0.1) is 12.7 Å². The second-order valence-electron chi connectivity index (χ2n) is 6.22. The van der Waals surface area contributed by atoms with Crippen LogP contribution >= 0.6 is 0 Å². The number of rotatable bonds is 6. The average molecular weight is 394 g/mol. The highest BCUT2D eigenvalue weighted by atomic mass is 19.1. The van der Waals surface area contributed by atoms with Crippen LogP contribution in [0.2, 0.25) is 0 Å². The summed E-state index contributed by atoms with van der Waals surface area (Å²) in [5.74, 6) is -0.878. The molecule has 1 aromatic heterocycles. The first kappa shape index (κ1) is 19.9. The molecule has 29 heavy (non-hydrogen) atoms. The fourth-order valence-electron chi connectivity index (χ4n) is 2.55. The number of carbonyl (C=O) groups is 2. The summed E-state index contributed by atoms with van der Waals surface area (Å²) in [7, 11) is 1.30. The molecule has 8 heteroatoms. The molecule has 0 aliphatic carbocycles. The van der Waals surface area contributed by atoms with E-state index in [-0.39, 0.29) is 11.5 Å². The van der Waals surface area contributed by atoms with Crippen molar-refractivity contribution in [1.29, 1.82) is 0 Å². The molecule has 0 spiro atoms. The largest absolute Gasteiger partial charge is 0.465 e. The number of benzene rings is 2. The first-order valence-corrected chi connectivity index (χ1v) is 8.78. The van der Waals surface area contributed by atoms with Gasteiger partial charge in [-0.1, -0.05) is 12.1 Å². The number of amides is 1. The molecule has 0 unspecified atom stereocenters. The second kappa shape index (κ2) is 8.92. The Hall–Kier alpha value is -3.81. The highest BCUT2D eigenvalue weighted by Gasteiger charge is 2.12. The lowest BCUT2D eigenvalue weighted by Gasteiger charge is -2.09. The summed E-state index contributed by atoms with van der Waals surface area (Å²) in [6, 6.07) is 14.0. The van der Waals surface area contributed by atoms with Gasteiger partial charge in [-0.15, -0.1) is 0 Å². The maximum atomic E-state index is 13.0. The zero-order valence-corrected chi connectivity index (χ0v) is 15.9. The molecule has 2 aromatic carbocycles. The van der Waals surface area contributed by atoms with Crippen LogP contribution in [0.4, 0.5) is 16.0 Å². The molecule has 3 rings (SSSR count). The highest BCUT2D eigenvalue weighted by molar-refractivity contribution is 6.03. The van der Waals surface area contributed by atoms with Crippen LogP contribution in [-0.2, 0) is 11.3 Å². The molecule has 1 heterocycles. The molecule has 0 aliphatic heterocycles. The number of carbonyl (C=O) groups excluding carboxylic acids is 2. The molecule has 0 bridgehead atoms. The number of ether oxygens (including phenoxy) is 1. The third kappa shape index (κ3) is 5.35. The first-order valence-electron chi connectivity index (χ1n) is 8.78. The molecule has 0 atom stereocenters. The molecular formula is C21H19FN4O3. The molecule has 0 aliphatic rings. The number of nitrogens with one attached hydrogen (secondary N) is 2. The maximum absolute atomic E-state index is 13.0. The third-order valence-corrected chi connectivity index (χ3v) is 4.01. The van der Waals surface area contributed by atoms with Crippen LogP contribution in [0, 0.1) is 12.7 Å². The van der Waals surface area contributed by atoms with Gasteiger partial charge in [-0.2, -0.15) is 0 Å². The van der Waals surface area contributed by atoms with Crippen LogP contribution < -0.4 is 10.6 Å². The van der Waals surface area contributed by atoms with Gasteiger partial charge in [0, 0.05) is 17.9 Å². The lowest BCUT2D eigenvalue weighted by Crippen LogP contribution is -2.16. The van der Waals surface area contributed by atoms with Crippen molar-refractivity contribution >= 4 is 23.5 Å². The minimum Gasteiger partial charge on any atom is -0.465 e. The fraction of sp³-hybridized carbons (Fsp3) is 0.143. The van der Waals surface area contributed by atoms with Crippen molar-refractivity contribution in [2.45, 2.75) is 13.5 Å². The Morgan fingerprint density at radius 2 is 1.72 bits per heavy atom. The van der Waals surface area contributed by atoms with E-state index >= 15 is 0 Å². The molecular weight excluding hydrogens is 375 g/mol. The van der Waals surface area contributed by atoms with Gasteiger partial charge in [0.15, 0.2) is 0 Å². The number of hydrogen-bond donors (Lipinski definition) is 2. The number of aromatic nitrogens is 2. The summed E-state index contributed by atoms with van der Waals surface area (Å²) in [4.78, 5) is 32.5. The van der Waals surface area contributed by atoms with Crippen molar-refractivity contribution in [1.82, 2.24) is 9.97 Å². The summed E-state index contributed by atoms with van der Waals surface area (Å²) in [6.45, 7) is 2.15. The molecule has 0 fully saturated rings. The Morgan fingerprint density at radius 1 is 1.03 bits per heavy atom. The minimum atomic E-state index is -0.453. The van der Waals surface area contributed by atoms with Crippen molar-refractivity contribution in [3.05, 3.63) is 82.9 Å². The van der Waals surface area contributed by atoms with Crippen LogP contribution in [-0.4, -0.2) is 29.0 Å². The Balaban J connectivity index is 1.68. The van der Waals surface area contributed by atoms with E-state index in [4.69, 9.17) is 0 Å². The van der Waals surface area contributed by atoms with E-state index in [2.05, 4.69) is 25.3 Å². The predicted molar refractivity (Wildman–Crippen MR) is 106 cm³/mol. The van der Waals surface area contributed by atoms with Crippen molar-refractivity contribution < 1.29 is 18.7 Å². The zero-order valence-electron chi connectivity index (χ0n) is 15.9. The van der Waals surface area contributed by atoms with Gasteiger partial charge < -0.3 is 15.4 Å². The lowest BCUT2D eigenvalue weighted by molar-refractivity contribution is 0.0600. The van der Waals surface area contributed by atoms with Gasteiger partial charge in [0.1, 0.15) is 11.5 Å². The van der Waals surface area contributed by atoms with E-state index in [1.807, 2.05) is 0 Å². The average Bonchev–Trinajstić information content (AvgIpc) is 2.73. The summed E-state index contributed by atoms with van der Waals surface area (Å²) in [5, 5.41) is 5.76. The van der Waals surface area contributed by atoms with Crippen LogP contribution in [0.25, 0.3) is 0 Å². The lowest BCUT2D eigenvalue weighted by atomic mass is 10.2. The Bertz CT molecular complexity index is 1020. The van der Waals surface area contributed by atoms with Crippen LogP contribution in [0.5, 0.6) is 0 Å². The Morgan fingerprint density at radius 3 is 2.38 bits per heavy atom. The van der Waals surface area contributed by atoms with Gasteiger partial charge in [-0.05, 0) is 55.0 Å². The van der Waals surface area contributed by atoms with Gasteiger partial charge in [-0.3, -0.25) is 4.79 Å². The Labute approximate surface area is 167 Å². The predicted octanol–water partition coefficient (Wildman–Crippen LogP) is 3.58. The van der Waals surface area contributed by atoms with Gasteiger partial charge in [-0.25, -0.2) is 19.2 Å². The summed E-state index contributed by atoms with van der Waals surface area (Å²) in [6.07, 6.45) is 0. The van der Waals surface area contributed by atoms with Crippen molar-refractivity contribution in [3.8, 4) is 0 Å². The monoisotopic (exact) mass is 394 g/mol. The van der Waals surface area contributed by atoms with Gasteiger partial charge in [0.2, 0.25) is 5.95 Å². The van der Waals surface area contributed by atoms with E-state index in [1.165, 1.54) is 19.2 Å². The van der Waals surface area contributed by atoms with E-state index in [0.29, 0.717) is 29.4 Å². The summed E-state index contributed by atoms with van der Waals surface area (Å²) >= 11 is 0. The molecule has 148 valence electrons. The molecule has 2 N–H and O–H groups in total. The van der Waals surface area contributed by atoms with Crippen LogP contribution in [0.15, 0.2) is 54.6 Å². The van der Waals surface area contributed by atoms with Crippen LogP contribution in [0.1, 0.15) is 32.1 Å². The molecule has 3 aromatic rings. The van der Waals surface area contributed by atoms with E-state index in [0.717, 1.165) is 5.56 Å². The number of esters is 1. The number of halogens is 1. The standard InChI is InChI=1S/C21H19FN4O3/c1-13-11-18(19(27)25-17-9-5-15(6-10-17)20(28)29-2)26-21(24-13)23-12-14-3-7-16(22)8-4-14/h3-11H,12H2,1-2H3,(H,25,27)(H,23,24,26). The number of hydrogen-bond acceptors (Lipinski definition) is 6. The second-order valence-corrected chi connectivity index (χ2v) is 6.22. The van der Waals surface area contributed by atoms with Gasteiger partial charge >= 0.3 is 5.97 Å². The quantitative estimate of drug-likeness (QED) is 0.621. The van der Waals surface area contributed by atoms with Crippen LogP contribution in [0.3, 0.4) is 0 Å². The number of methoxy groups -OCH3 is 1. The van der Waals surface area contributed by atoms with Crippen molar-refractivity contribution in [2.24, 2.45) is 0 Å². The molecule has 7 nitrogen and oxygen atoms in total. The molecule has 1 amide bonds. The topological polar surface area (TPSA) is 93.2 Å². The fourth-order valence-corrected chi connectivity index (χ4v) is 2.55. The smallest absolute Gasteiger partial charge is 0.337 e. The highest BCUT2D eigenvalue weighted by Crippen LogP contribution is 2.13. The van der Waals surface area contributed by atoms with E-state index < -0.39 is 11.9 Å². The molecule has 0 saturated heterocycles. The van der Waals surface area contributed by atoms with E-state index in [9.17, 15) is 14.0 Å². The van der Waals surface area contributed by atoms with E-state index in [1.54, 1.807) is 49.4 Å². The van der Waals surface area contributed by atoms with Crippen molar-refractivity contribution in [3.63, 3.8) is 0 Å². The summed E-state index contributed by atoms with van der Waals surface area (Å²) in [5.41, 5.74) is 2.56. The molecule has 0 saturated carbocycles. The Kier molecular flexibility index (Phi) is 6.13. The number of aryl methyl sites for hydroxylation is 1. The van der Waals surface area contributed by atoms with Crippen molar-refractivity contribution in [2.75, 3.05) is 17.7 Å². The maximum Gasteiger partial charge on any atom is 0.337 e. The zero-order chi connectivity index (χ0) is 20.8. The number of nitrogens with zero attached hydrogens (tertiary/aromatic N) is 2. The SMILES string of the molecule is COC(=O)c1ccc(NC(=O)c2cc(C)nc(NCc3ccc(F)cc3)n2)cc1. The first-order chi connectivity index (χ1) is 13.9. The summed E-state index contributed by atoms with van der Waals surface area (Å²) < 4.78 is 17.6. The normalized spacial score (nSPS) is 10.3. The third-order valence-electron chi connectivity index (χ3n) is 4.01. The molecule has 0 radical (unpaired) electrons. The number of anilines is 2. The van der Waals surface area contributed by atoms with Gasteiger partial charge in [0.25, 0.3) is 5.91 Å².